The highest BCUT2D eigenvalue weighted by Crippen LogP contribution is 2.17. The van der Waals surface area contributed by atoms with E-state index in [0.29, 0.717) is 13.1 Å². The molecule has 14 heavy (non-hydrogen) atoms. The maximum atomic E-state index is 13.2. The van der Waals surface area contributed by atoms with Crippen LogP contribution in [0.1, 0.15) is 5.56 Å². The molecular formula is C10H15FN2O. The van der Waals surface area contributed by atoms with Crippen molar-refractivity contribution in [3.05, 3.63) is 29.6 Å². The van der Waals surface area contributed by atoms with E-state index in [-0.39, 0.29) is 11.6 Å². The molecule has 3 N–H and O–H groups in total. The monoisotopic (exact) mass is 198 g/mol. The first kappa shape index (κ1) is 10.9. The topological polar surface area (TPSA) is 47.3 Å². The first-order valence-corrected chi connectivity index (χ1v) is 4.51. The van der Waals surface area contributed by atoms with Crippen LogP contribution in [-0.4, -0.2) is 20.2 Å². The quantitative estimate of drug-likeness (QED) is 0.690. The molecule has 0 aliphatic heterocycles. The van der Waals surface area contributed by atoms with E-state index in [0.717, 1.165) is 12.1 Å². The summed E-state index contributed by atoms with van der Waals surface area (Å²) >= 11 is 0. The van der Waals surface area contributed by atoms with E-state index in [9.17, 15) is 4.39 Å². The number of rotatable bonds is 5. The van der Waals surface area contributed by atoms with Crippen molar-refractivity contribution in [2.75, 3.05) is 20.2 Å². The molecule has 0 fully saturated rings. The van der Waals surface area contributed by atoms with Gasteiger partial charge in [-0.3, -0.25) is 0 Å². The zero-order valence-electron chi connectivity index (χ0n) is 8.22. The lowest BCUT2D eigenvalue weighted by Crippen LogP contribution is -2.21. The minimum absolute atomic E-state index is 0.271. The molecule has 0 aliphatic rings. The Bertz CT molecular complexity index is 291. The Balaban J connectivity index is 2.57. The van der Waals surface area contributed by atoms with Crippen molar-refractivity contribution in [1.29, 1.82) is 0 Å². The maximum Gasteiger partial charge on any atom is 0.165 e. The highest BCUT2D eigenvalue weighted by Gasteiger charge is 2.02. The molecular weight excluding hydrogens is 183 g/mol. The molecule has 3 nitrogen and oxygen atoms in total. The lowest BCUT2D eigenvalue weighted by Gasteiger charge is -2.05. The van der Waals surface area contributed by atoms with Crippen LogP contribution >= 0.6 is 0 Å². The summed E-state index contributed by atoms with van der Waals surface area (Å²) in [6.07, 6.45) is 0. The van der Waals surface area contributed by atoms with Gasteiger partial charge in [0.1, 0.15) is 0 Å². The molecule has 1 aromatic rings. The molecule has 0 aromatic heterocycles. The van der Waals surface area contributed by atoms with Gasteiger partial charge in [-0.05, 0) is 17.7 Å². The molecule has 1 aromatic carbocycles. The smallest absolute Gasteiger partial charge is 0.165 e. The van der Waals surface area contributed by atoms with Crippen molar-refractivity contribution in [2.45, 2.75) is 6.54 Å². The lowest BCUT2D eigenvalue weighted by molar-refractivity contribution is 0.386. The fraction of sp³-hybridized carbons (Fsp3) is 0.400. The molecule has 0 unspecified atom stereocenters. The summed E-state index contributed by atoms with van der Waals surface area (Å²) in [6, 6.07) is 4.91. The number of hydrogen-bond donors (Lipinski definition) is 2. The van der Waals surface area contributed by atoms with E-state index in [1.807, 2.05) is 6.07 Å². The van der Waals surface area contributed by atoms with Crippen molar-refractivity contribution in [1.82, 2.24) is 5.32 Å². The first-order valence-electron chi connectivity index (χ1n) is 4.51. The van der Waals surface area contributed by atoms with Gasteiger partial charge in [-0.2, -0.15) is 0 Å². The molecule has 0 atom stereocenters. The van der Waals surface area contributed by atoms with Crippen molar-refractivity contribution < 1.29 is 9.13 Å². The van der Waals surface area contributed by atoms with Crippen LogP contribution in [0.25, 0.3) is 0 Å². The molecule has 78 valence electrons. The van der Waals surface area contributed by atoms with Gasteiger partial charge < -0.3 is 15.8 Å². The first-order chi connectivity index (χ1) is 6.77. The molecule has 0 aliphatic carbocycles. The Morgan fingerprint density at radius 3 is 2.86 bits per heavy atom. The summed E-state index contributed by atoms with van der Waals surface area (Å²) in [7, 11) is 1.45. The highest BCUT2D eigenvalue weighted by molar-refractivity contribution is 5.29. The van der Waals surface area contributed by atoms with Gasteiger partial charge >= 0.3 is 0 Å². The van der Waals surface area contributed by atoms with Crippen molar-refractivity contribution in [3.63, 3.8) is 0 Å². The van der Waals surface area contributed by atoms with Crippen LogP contribution in [0, 0.1) is 5.82 Å². The van der Waals surface area contributed by atoms with E-state index in [1.165, 1.54) is 13.2 Å². The number of nitrogens with two attached hydrogens (primary N) is 1. The SMILES string of the molecule is COc1ccc(CNCCN)cc1F. The van der Waals surface area contributed by atoms with Crippen LogP contribution in [0.2, 0.25) is 0 Å². The van der Waals surface area contributed by atoms with Crippen LogP contribution in [0.5, 0.6) is 5.75 Å². The van der Waals surface area contributed by atoms with E-state index < -0.39 is 0 Å². The summed E-state index contributed by atoms with van der Waals surface area (Å²) in [5.41, 5.74) is 6.20. The van der Waals surface area contributed by atoms with Gasteiger partial charge in [0.25, 0.3) is 0 Å². The second-order valence-corrected chi connectivity index (χ2v) is 2.93. The predicted molar refractivity (Wildman–Crippen MR) is 53.7 cm³/mol. The van der Waals surface area contributed by atoms with Gasteiger partial charge in [0.15, 0.2) is 11.6 Å². The zero-order chi connectivity index (χ0) is 10.4. The van der Waals surface area contributed by atoms with E-state index in [1.54, 1.807) is 6.07 Å². The second-order valence-electron chi connectivity index (χ2n) is 2.93. The normalized spacial score (nSPS) is 10.2. The van der Waals surface area contributed by atoms with Crippen LogP contribution in [0.4, 0.5) is 4.39 Å². The Morgan fingerprint density at radius 1 is 1.50 bits per heavy atom. The minimum atomic E-state index is -0.334. The number of nitrogens with one attached hydrogen (secondary N) is 1. The number of benzene rings is 1. The van der Waals surface area contributed by atoms with Crippen molar-refractivity contribution in [3.8, 4) is 5.75 Å². The van der Waals surface area contributed by atoms with Gasteiger partial charge in [-0.15, -0.1) is 0 Å². The third kappa shape index (κ3) is 2.97. The Kier molecular flexibility index (Phi) is 4.35. The molecule has 0 bridgehead atoms. The molecule has 0 spiro atoms. The van der Waals surface area contributed by atoms with E-state index in [2.05, 4.69) is 5.32 Å². The van der Waals surface area contributed by atoms with Crippen LogP contribution < -0.4 is 15.8 Å². The summed E-state index contributed by atoms with van der Waals surface area (Å²) in [6.45, 7) is 1.93. The lowest BCUT2D eigenvalue weighted by atomic mass is 10.2. The van der Waals surface area contributed by atoms with Gasteiger partial charge in [0.05, 0.1) is 7.11 Å². The van der Waals surface area contributed by atoms with E-state index >= 15 is 0 Å². The summed E-state index contributed by atoms with van der Waals surface area (Å²) < 4.78 is 18.0. The molecule has 0 amide bonds. The Hall–Kier alpha value is -1.13. The third-order valence-corrected chi connectivity index (χ3v) is 1.87. The van der Waals surface area contributed by atoms with Gasteiger partial charge in [-0.1, -0.05) is 6.07 Å². The minimum Gasteiger partial charge on any atom is -0.494 e. The third-order valence-electron chi connectivity index (χ3n) is 1.87. The maximum absolute atomic E-state index is 13.2. The summed E-state index contributed by atoms with van der Waals surface area (Å²) in [4.78, 5) is 0. The fourth-order valence-electron chi connectivity index (χ4n) is 1.15. The van der Waals surface area contributed by atoms with Gasteiger partial charge in [-0.25, -0.2) is 4.39 Å². The second kappa shape index (κ2) is 5.57. The van der Waals surface area contributed by atoms with Crippen LogP contribution in [0.15, 0.2) is 18.2 Å². The fourth-order valence-corrected chi connectivity index (χ4v) is 1.15. The molecule has 0 saturated heterocycles. The Morgan fingerprint density at radius 2 is 2.29 bits per heavy atom. The number of halogens is 1. The molecule has 0 radical (unpaired) electrons. The largest absolute Gasteiger partial charge is 0.494 e. The van der Waals surface area contributed by atoms with Gasteiger partial charge in [0, 0.05) is 19.6 Å². The summed E-state index contributed by atoms with van der Waals surface area (Å²) in [5, 5.41) is 3.08. The highest BCUT2D eigenvalue weighted by atomic mass is 19.1. The zero-order valence-corrected chi connectivity index (χ0v) is 8.22. The molecule has 0 saturated carbocycles. The number of ether oxygens (including phenoxy) is 1. The van der Waals surface area contributed by atoms with Crippen molar-refractivity contribution >= 4 is 0 Å². The average Bonchev–Trinajstić information content (AvgIpc) is 2.18. The number of hydrogen-bond acceptors (Lipinski definition) is 3. The summed E-state index contributed by atoms with van der Waals surface area (Å²) in [5.74, 6) is -0.0628. The van der Waals surface area contributed by atoms with Crippen LogP contribution in [0.3, 0.4) is 0 Å². The Labute approximate surface area is 83.1 Å². The predicted octanol–water partition coefficient (Wildman–Crippen LogP) is 0.883. The van der Waals surface area contributed by atoms with Crippen LogP contribution in [-0.2, 0) is 6.54 Å². The van der Waals surface area contributed by atoms with Gasteiger partial charge in [0.2, 0.25) is 0 Å². The van der Waals surface area contributed by atoms with Crippen molar-refractivity contribution in [2.24, 2.45) is 5.73 Å². The molecule has 0 heterocycles. The standard InChI is InChI=1S/C10H15FN2O/c1-14-10-3-2-8(6-9(10)11)7-13-5-4-12/h2-3,6,13H,4-5,7,12H2,1H3. The average molecular weight is 198 g/mol. The van der Waals surface area contributed by atoms with E-state index in [4.69, 9.17) is 10.5 Å². The molecule has 1 rings (SSSR count). The number of methoxy groups -OCH3 is 1. The molecule has 4 heteroatoms.